The predicted molar refractivity (Wildman–Crippen MR) is 87.5 cm³/mol. The fourth-order valence-electron chi connectivity index (χ4n) is 3.48. The zero-order valence-corrected chi connectivity index (χ0v) is 14.4. The van der Waals surface area contributed by atoms with E-state index in [1.54, 1.807) is 0 Å². The van der Waals surface area contributed by atoms with Gasteiger partial charge in [-0.25, -0.2) is 18.4 Å². The molecule has 0 spiro atoms. The topological polar surface area (TPSA) is 72.4 Å². The average Bonchev–Trinajstić information content (AvgIpc) is 3.31. The average molecular weight is 358 g/mol. The van der Waals surface area contributed by atoms with Crippen molar-refractivity contribution < 1.29 is 13.2 Å². The van der Waals surface area contributed by atoms with Crippen molar-refractivity contribution in [2.45, 2.75) is 42.1 Å². The lowest BCUT2D eigenvalue weighted by Crippen LogP contribution is -2.45. The minimum Gasteiger partial charge on any atom is -0.378 e. The highest BCUT2D eigenvalue weighted by Gasteiger charge is 2.57. The van der Waals surface area contributed by atoms with E-state index in [2.05, 4.69) is 14.9 Å². The van der Waals surface area contributed by atoms with Crippen molar-refractivity contribution in [3.63, 3.8) is 0 Å². The van der Waals surface area contributed by atoms with E-state index < -0.39 is 14.6 Å². The number of anilines is 1. The molecule has 2 saturated carbocycles. The van der Waals surface area contributed by atoms with Crippen LogP contribution in [0, 0.1) is 0 Å². The molecule has 8 heteroatoms. The molecule has 2 heterocycles. The van der Waals surface area contributed by atoms with E-state index in [1.165, 1.54) is 0 Å². The van der Waals surface area contributed by atoms with Gasteiger partial charge in [0.1, 0.15) is 10.6 Å². The van der Waals surface area contributed by atoms with Crippen LogP contribution in [-0.2, 0) is 19.3 Å². The van der Waals surface area contributed by atoms with Gasteiger partial charge in [-0.2, -0.15) is 0 Å². The van der Waals surface area contributed by atoms with Crippen LogP contribution in [0.3, 0.4) is 0 Å². The molecule has 6 nitrogen and oxygen atoms in total. The highest BCUT2D eigenvalue weighted by atomic mass is 35.5. The number of aromatic nitrogens is 2. The summed E-state index contributed by atoms with van der Waals surface area (Å²) in [5.74, 6) is 0.709. The van der Waals surface area contributed by atoms with Crippen LogP contribution < -0.4 is 4.90 Å². The number of sulfone groups is 1. The van der Waals surface area contributed by atoms with E-state index in [0.717, 1.165) is 32.4 Å². The van der Waals surface area contributed by atoms with Crippen LogP contribution in [0.2, 0.25) is 5.28 Å². The molecule has 0 N–H and O–H groups in total. The molecule has 0 radical (unpaired) electrons. The first kappa shape index (κ1) is 15.6. The molecule has 0 amide bonds. The van der Waals surface area contributed by atoms with Gasteiger partial charge < -0.3 is 9.64 Å². The van der Waals surface area contributed by atoms with Crippen LogP contribution in [-0.4, -0.2) is 49.9 Å². The Kier molecular flexibility index (Phi) is 3.77. The van der Waals surface area contributed by atoms with E-state index in [-0.39, 0.29) is 10.5 Å². The van der Waals surface area contributed by atoms with E-state index in [0.29, 0.717) is 37.6 Å². The number of rotatable bonds is 4. The Morgan fingerprint density at radius 3 is 2.48 bits per heavy atom. The maximum Gasteiger partial charge on any atom is 0.224 e. The Hall–Kier alpha value is -0.920. The molecule has 1 saturated heterocycles. The maximum absolute atomic E-state index is 13.0. The first-order valence-corrected chi connectivity index (χ1v) is 10.1. The van der Waals surface area contributed by atoms with Gasteiger partial charge in [0.15, 0.2) is 9.84 Å². The second-order valence-electron chi connectivity index (χ2n) is 6.57. The predicted octanol–water partition coefficient (Wildman–Crippen LogP) is 1.92. The van der Waals surface area contributed by atoms with Gasteiger partial charge >= 0.3 is 0 Å². The number of hydrogen-bond acceptors (Lipinski definition) is 6. The van der Waals surface area contributed by atoms with Crippen LogP contribution in [0.25, 0.3) is 0 Å². The highest BCUT2D eigenvalue weighted by Crippen LogP contribution is 2.53. The Balaban J connectivity index is 1.74. The number of halogens is 1. The van der Waals surface area contributed by atoms with Crippen molar-refractivity contribution >= 4 is 27.3 Å². The SMILES string of the molecule is O=S(=O)(C1CC1)C1(c2cc(N3CCOCC3)nc(Cl)n2)CCC1. The molecule has 1 aliphatic heterocycles. The summed E-state index contributed by atoms with van der Waals surface area (Å²) in [4.78, 5) is 10.7. The van der Waals surface area contributed by atoms with Crippen LogP contribution in [0.15, 0.2) is 6.07 Å². The summed E-state index contributed by atoms with van der Waals surface area (Å²) in [5.41, 5.74) is 0.581. The van der Waals surface area contributed by atoms with Gasteiger partial charge in [0.05, 0.1) is 24.2 Å². The van der Waals surface area contributed by atoms with Crippen molar-refractivity contribution in [2.75, 3.05) is 31.2 Å². The van der Waals surface area contributed by atoms with E-state index >= 15 is 0 Å². The standard InChI is InChI=1S/C15H20ClN3O3S/c16-14-17-12(10-13(18-14)19-6-8-22-9-7-19)15(4-1-5-15)23(20,21)11-2-3-11/h10-11H,1-9H2. The van der Waals surface area contributed by atoms with Crippen LogP contribution in [0.1, 0.15) is 37.8 Å². The lowest BCUT2D eigenvalue weighted by atomic mass is 9.81. The molecule has 0 atom stereocenters. The number of morpholine rings is 1. The minimum atomic E-state index is -3.20. The van der Waals surface area contributed by atoms with Crippen molar-refractivity contribution in [1.82, 2.24) is 9.97 Å². The summed E-state index contributed by atoms with van der Waals surface area (Å²) in [7, 11) is -3.20. The second-order valence-corrected chi connectivity index (χ2v) is 9.45. The third-order valence-electron chi connectivity index (χ3n) is 5.16. The molecule has 0 unspecified atom stereocenters. The molecule has 3 aliphatic rings. The van der Waals surface area contributed by atoms with Gasteiger partial charge in [-0.15, -0.1) is 0 Å². The highest BCUT2D eigenvalue weighted by molar-refractivity contribution is 7.93. The second kappa shape index (κ2) is 5.57. The zero-order chi connectivity index (χ0) is 16.1. The number of ether oxygens (including phenoxy) is 1. The summed E-state index contributed by atoms with van der Waals surface area (Å²) in [6.07, 6.45) is 3.75. The summed E-state index contributed by atoms with van der Waals surface area (Å²) < 4.78 is 30.4. The molecule has 126 valence electrons. The van der Waals surface area contributed by atoms with Crippen LogP contribution in [0.5, 0.6) is 0 Å². The van der Waals surface area contributed by atoms with Crippen molar-refractivity contribution in [2.24, 2.45) is 0 Å². The van der Waals surface area contributed by atoms with E-state index in [1.807, 2.05) is 6.07 Å². The quantitative estimate of drug-likeness (QED) is 0.766. The summed E-state index contributed by atoms with van der Waals surface area (Å²) in [6, 6.07) is 1.83. The first-order valence-electron chi connectivity index (χ1n) is 8.14. The Morgan fingerprint density at radius 2 is 1.91 bits per heavy atom. The third kappa shape index (κ3) is 2.53. The fraction of sp³-hybridized carbons (Fsp3) is 0.733. The third-order valence-corrected chi connectivity index (χ3v) is 8.38. The molecule has 0 aromatic carbocycles. The smallest absolute Gasteiger partial charge is 0.224 e. The summed E-state index contributed by atoms with van der Waals surface area (Å²) in [6.45, 7) is 2.75. The molecule has 1 aromatic heterocycles. The van der Waals surface area contributed by atoms with Crippen LogP contribution >= 0.6 is 11.6 Å². The monoisotopic (exact) mass is 357 g/mol. The van der Waals surface area contributed by atoms with Crippen molar-refractivity contribution in [1.29, 1.82) is 0 Å². The summed E-state index contributed by atoms with van der Waals surface area (Å²) in [5, 5.41) is -0.0651. The minimum absolute atomic E-state index is 0.126. The van der Waals surface area contributed by atoms with Crippen molar-refractivity contribution in [3.05, 3.63) is 17.0 Å². The maximum atomic E-state index is 13.0. The number of nitrogens with zero attached hydrogens (tertiary/aromatic N) is 3. The van der Waals surface area contributed by atoms with Crippen LogP contribution in [0.4, 0.5) is 5.82 Å². The van der Waals surface area contributed by atoms with Gasteiger partial charge in [-0.3, -0.25) is 0 Å². The van der Waals surface area contributed by atoms with Gasteiger partial charge in [0, 0.05) is 19.2 Å². The molecule has 3 fully saturated rings. The lowest BCUT2D eigenvalue weighted by Gasteiger charge is -2.41. The molecular weight excluding hydrogens is 338 g/mol. The van der Waals surface area contributed by atoms with E-state index in [9.17, 15) is 8.42 Å². The van der Waals surface area contributed by atoms with Gasteiger partial charge in [0.2, 0.25) is 5.28 Å². The van der Waals surface area contributed by atoms with Gasteiger partial charge in [0.25, 0.3) is 0 Å². The summed E-state index contributed by atoms with van der Waals surface area (Å²) >= 11 is 6.13. The molecule has 1 aromatic rings. The molecule has 4 rings (SSSR count). The number of hydrogen-bond donors (Lipinski definition) is 0. The zero-order valence-electron chi connectivity index (χ0n) is 12.9. The van der Waals surface area contributed by atoms with Gasteiger partial charge in [-0.1, -0.05) is 0 Å². The molecule has 2 aliphatic carbocycles. The Labute approximate surface area is 141 Å². The Bertz CT molecular complexity index is 711. The lowest BCUT2D eigenvalue weighted by molar-refractivity contribution is 0.122. The largest absolute Gasteiger partial charge is 0.378 e. The molecule has 0 bridgehead atoms. The van der Waals surface area contributed by atoms with Gasteiger partial charge in [-0.05, 0) is 43.7 Å². The fourth-order valence-corrected chi connectivity index (χ4v) is 6.30. The Morgan fingerprint density at radius 1 is 1.22 bits per heavy atom. The van der Waals surface area contributed by atoms with E-state index in [4.69, 9.17) is 16.3 Å². The van der Waals surface area contributed by atoms with Crippen molar-refractivity contribution in [3.8, 4) is 0 Å². The first-order chi connectivity index (χ1) is 11.0. The molecular formula is C15H20ClN3O3S. The molecule has 23 heavy (non-hydrogen) atoms. The normalized spacial score (nSPS) is 24.3.